The Morgan fingerprint density at radius 3 is 2.34 bits per heavy atom. The molecule has 0 atom stereocenters. The second-order valence-electron chi connectivity index (χ2n) is 8.48. The maximum Gasteiger partial charge on any atom is 0.251 e. The number of nitriles is 1. The van der Waals surface area contributed by atoms with Gasteiger partial charge in [-0.25, -0.2) is 13.1 Å². The fourth-order valence-electron chi connectivity index (χ4n) is 4.08. The first-order chi connectivity index (χ1) is 17.0. The molecular formula is C26H35N3O5S. The molecule has 3 rings (SSSR count). The Kier molecular flexibility index (Phi) is 10.5. The van der Waals surface area contributed by atoms with Crippen molar-refractivity contribution in [2.75, 3.05) is 64.7 Å². The third-order valence-electron chi connectivity index (χ3n) is 6.03. The number of hydrogen-bond donors (Lipinski definition) is 1. The maximum absolute atomic E-state index is 12.8. The Balaban J connectivity index is 1.63. The molecule has 190 valence electrons. The molecule has 2 aromatic carbocycles. The molecule has 1 aliphatic rings. The van der Waals surface area contributed by atoms with Gasteiger partial charge in [-0.15, -0.1) is 0 Å². The van der Waals surface area contributed by atoms with E-state index in [0.717, 1.165) is 23.9 Å². The van der Waals surface area contributed by atoms with E-state index in [2.05, 4.69) is 27.8 Å². The Hall–Kier alpha value is -2.48. The van der Waals surface area contributed by atoms with E-state index in [4.69, 9.17) is 14.2 Å². The van der Waals surface area contributed by atoms with E-state index >= 15 is 0 Å². The summed E-state index contributed by atoms with van der Waals surface area (Å²) in [6, 6.07) is 14.0. The largest absolute Gasteiger partial charge is 0.382 e. The summed E-state index contributed by atoms with van der Waals surface area (Å²) in [7, 11) is -2.36. The van der Waals surface area contributed by atoms with Crippen molar-refractivity contribution in [2.24, 2.45) is 0 Å². The summed E-state index contributed by atoms with van der Waals surface area (Å²) in [6.07, 6.45) is 3.72. The molecule has 0 amide bonds. The number of rotatable bonds is 13. The number of fused-ring (bicyclic) bond motifs is 1. The first-order valence-electron chi connectivity index (χ1n) is 12.0. The second-order valence-corrected chi connectivity index (χ2v) is 10.2. The molecule has 8 nitrogen and oxygen atoms in total. The lowest BCUT2D eigenvalue weighted by Gasteiger charge is -2.29. The molecule has 0 aromatic heterocycles. The summed E-state index contributed by atoms with van der Waals surface area (Å²) in [5, 5.41) is 11.7. The highest BCUT2D eigenvalue weighted by atomic mass is 32.2. The van der Waals surface area contributed by atoms with Gasteiger partial charge in [-0.3, -0.25) is 0 Å². The van der Waals surface area contributed by atoms with Crippen molar-refractivity contribution < 1.29 is 22.6 Å². The van der Waals surface area contributed by atoms with Crippen LogP contribution in [-0.2, 0) is 24.2 Å². The van der Waals surface area contributed by atoms with E-state index in [1.165, 1.54) is 24.9 Å². The van der Waals surface area contributed by atoms with Crippen molar-refractivity contribution >= 4 is 32.1 Å². The number of ether oxygens (including phenoxy) is 3. The van der Waals surface area contributed by atoms with Gasteiger partial charge in [0.25, 0.3) is 10.0 Å². The van der Waals surface area contributed by atoms with Gasteiger partial charge in [0.2, 0.25) is 0 Å². The van der Waals surface area contributed by atoms with E-state index in [0.29, 0.717) is 37.6 Å². The van der Waals surface area contributed by atoms with Crippen molar-refractivity contribution in [3.8, 4) is 6.07 Å². The molecule has 35 heavy (non-hydrogen) atoms. The van der Waals surface area contributed by atoms with Crippen LogP contribution in [0.2, 0.25) is 0 Å². The average Bonchev–Trinajstić information content (AvgIpc) is 2.87. The highest BCUT2D eigenvalue weighted by molar-refractivity contribution is 7.93. The molecule has 1 aliphatic heterocycles. The zero-order valence-electron chi connectivity index (χ0n) is 20.6. The predicted octanol–water partition coefficient (Wildman–Crippen LogP) is 3.68. The van der Waals surface area contributed by atoms with Crippen molar-refractivity contribution in [1.82, 2.24) is 4.72 Å². The number of piperidine rings is 1. The van der Waals surface area contributed by atoms with Crippen LogP contribution in [-0.4, -0.2) is 68.2 Å². The molecular weight excluding hydrogens is 466 g/mol. The zero-order valence-corrected chi connectivity index (χ0v) is 21.4. The second kappa shape index (κ2) is 13.6. The Bertz CT molecular complexity index is 1150. The van der Waals surface area contributed by atoms with Crippen LogP contribution in [0.25, 0.3) is 16.3 Å². The minimum atomic E-state index is -3.97. The average molecular weight is 502 g/mol. The van der Waals surface area contributed by atoms with Gasteiger partial charge in [0.15, 0.2) is 4.91 Å². The van der Waals surface area contributed by atoms with Crippen LogP contribution in [0.4, 0.5) is 5.69 Å². The normalized spacial score (nSPS) is 15.2. The number of methoxy groups -OCH3 is 1. The van der Waals surface area contributed by atoms with Crippen LogP contribution in [0.1, 0.15) is 31.7 Å². The first-order valence-corrected chi connectivity index (χ1v) is 13.5. The maximum atomic E-state index is 12.8. The van der Waals surface area contributed by atoms with Gasteiger partial charge in [0.1, 0.15) is 6.07 Å². The van der Waals surface area contributed by atoms with Gasteiger partial charge in [0, 0.05) is 32.4 Å². The number of benzene rings is 2. The minimum Gasteiger partial charge on any atom is -0.382 e. The highest BCUT2D eigenvalue weighted by Crippen LogP contribution is 2.29. The summed E-state index contributed by atoms with van der Waals surface area (Å²) in [5.74, 6) is 0. The number of allylic oxidation sites excluding steroid dienone is 2. The summed E-state index contributed by atoms with van der Waals surface area (Å²) in [4.78, 5) is 2.12. The topological polar surface area (TPSA) is 101 Å². The quantitative estimate of drug-likeness (QED) is 0.330. The third-order valence-corrected chi connectivity index (χ3v) is 7.55. The summed E-state index contributed by atoms with van der Waals surface area (Å²) in [6.45, 7) is 5.81. The lowest BCUT2D eigenvalue weighted by Crippen LogP contribution is -2.29. The fourth-order valence-corrected chi connectivity index (χ4v) is 5.21. The van der Waals surface area contributed by atoms with Crippen LogP contribution >= 0.6 is 0 Å². The molecule has 1 fully saturated rings. The van der Waals surface area contributed by atoms with Gasteiger partial charge < -0.3 is 19.1 Å². The smallest absolute Gasteiger partial charge is 0.251 e. The molecule has 0 saturated carbocycles. The van der Waals surface area contributed by atoms with Crippen molar-refractivity contribution in [3.63, 3.8) is 0 Å². The van der Waals surface area contributed by atoms with E-state index in [-0.39, 0.29) is 18.1 Å². The van der Waals surface area contributed by atoms with Crippen LogP contribution < -0.4 is 9.62 Å². The molecule has 0 unspecified atom stereocenters. The summed E-state index contributed by atoms with van der Waals surface area (Å²) >= 11 is 0. The number of anilines is 1. The molecule has 1 saturated heterocycles. The molecule has 2 aromatic rings. The zero-order chi connectivity index (χ0) is 25.1. The van der Waals surface area contributed by atoms with Crippen LogP contribution in [0.5, 0.6) is 0 Å². The summed E-state index contributed by atoms with van der Waals surface area (Å²) < 4.78 is 43.5. The highest BCUT2D eigenvalue weighted by Gasteiger charge is 2.21. The number of nitrogens with zero attached hydrogens (tertiary/aromatic N) is 2. The van der Waals surface area contributed by atoms with Crippen LogP contribution in [0.15, 0.2) is 41.3 Å². The van der Waals surface area contributed by atoms with Crippen LogP contribution in [0, 0.1) is 11.3 Å². The van der Waals surface area contributed by atoms with E-state index < -0.39 is 10.0 Å². The predicted molar refractivity (Wildman–Crippen MR) is 139 cm³/mol. The molecule has 0 spiro atoms. The lowest BCUT2D eigenvalue weighted by atomic mass is 10.0. The molecule has 0 aliphatic carbocycles. The summed E-state index contributed by atoms with van der Waals surface area (Å²) in [5.41, 5.74) is 2.33. The van der Waals surface area contributed by atoms with Gasteiger partial charge in [-0.05, 0) is 66.3 Å². The molecule has 9 heteroatoms. The fraction of sp³-hybridized carbons (Fsp3) is 0.500. The Labute approximate surface area is 208 Å². The number of nitrogens with one attached hydrogen (secondary N) is 1. The van der Waals surface area contributed by atoms with E-state index in [9.17, 15) is 13.7 Å². The number of hydrogen-bond acceptors (Lipinski definition) is 7. The van der Waals surface area contributed by atoms with Gasteiger partial charge in [0.05, 0.1) is 33.0 Å². The lowest BCUT2D eigenvalue weighted by molar-refractivity contribution is 0.0263. The standard InChI is InChI=1S/C26H35N3O5S/c1-21(26(20-27)35(30,31)28-10-13-33-16-17-34-15-14-32-2)22-6-7-24-19-25(9-8-23(24)18-22)29-11-4-3-5-12-29/h6-9,18-19,28H,3-5,10-17H2,1-2H3/b26-21+. The molecule has 0 bridgehead atoms. The van der Waals surface area contributed by atoms with Gasteiger partial charge in [-0.2, -0.15) is 5.26 Å². The van der Waals surface area contributed by atoms with Crippen molar-refractivity contribution in [3.05, 3.63) is 46.9 Å². The minimum absolute atomic E-state index is 0.0653. The Morgan fingerprint density at radius 2 is 1.63 bits per heavy atom. The molecule has 1 N–H and O–H groups in total. The SMILES string of the molecule is COCCOCCOCCNS(=O)(=O)/C(C#N)=C(\C)c1ccc2cc(N3CCCCC3)ccc2c1. The molecule has 1 heterocycles. The van der Waals surface area contributed by atoms with Crippen molar-refractivity contribution in [1.29, 1.82) is 5.26 Å². The van der Waals surface area contributed by atoms with Crippen LogP contribution in [0.3, 0.4) is 0 Å². The van der Waals surface area contributed by atoms with Crippen molar-refractivity contribution in [2.45, 2.75) is 26.2 Å². The monoisotopic (exact) mass is 501 g/mol. The first kappa shape index (κ1) is 27.1. The van der Waals surface area contributed by atoms with E-state index in [1.54, 1.807) is 14.0 Å². The number of sulfonamides is 1. The Morgan fingerprint density at radius 1 is 0.971 bits per heavy atom. The van der Waals surface area contributed by atoms with Gasteiger partial charge in [-0.1, -0.05) is 18.2 Å². The third kappa shape index (κ3) is 7.75. The van der Waals surface area contributed by atoms with Gasteiger partial charge >= 0.3 is 0 Å². The van der Waals surface area contributed by atoms with E-state index in [1.807, 2.05) is 24.3 Å². The molecule has 0 radical (unpaired) electrons.